The first-order valence-corrected chi connectivity index (χ1v) is 12.2. The van der Waals surface area contributed by atoms with Gasteiger partial charge in [-0.2, -0.15) is 21.6 Å². The lowest BCUT2D eigenvalue weighted by molar-refractivity contribution is -0.142. The molecule has 33 heavy (non-hydrogen) atoms. The lowest BCUT2D eigenvalue weighted by Crippen LogP contribution is -2.08. The molecule has 0 bridgehead atoms. The second kappa shape index (κ2) is 14.1. The third-order valence-electron chi connectivity index (χ3n) is 4.76. The van der Waals surface area contributed by atoms with E-state index in [1.54, 1.807) is 11.3 Å². The molecule has 3 rings (SSSR count). The molecule has 0 amide bonds. The summed E-state index contributed by atoms with van der Waals surface area (Å²) in [6.07, 6.45) is 4.25. The molecule has 0 aliphatic heterocycles. The quantitative estimate of drug-likeness (QED) is 0.142. The Morgan fingerprint density at radius 1 is 0.788 bits per heavy atom. The van der Waals surface area contributed by atoms with Crippen LogP contribution in [-0.2, 0) is 16.0 Å². The maximum absolute atomic E-state index is 11.7. The Morgan fingerprint density at radius 2 is 1.39 bits per heavy atom. The highest BCUT2D eigenvalue weighted by atomic mass is 32.1. The Hall–Kier alpha value is -3.19. The summed E-state index contributed by atoms with van der Waals surface area (Å²) in [5.41, 5.74) is 2.56. The average molecular weight is 467 g/mol. The van der Waals surface area contributed by atoms with Crippen LogP contribution < -0.4 is 9.47 Å². The smallest absolute Gasteiger partial charge is 0.310 e. The summed E-state index contributed by atoms with van der Waals surface area (Å²) >= 11 is 1.59. The number of benzene rings is 2. The molecule has 7 heteroatoms. The van der Waals surface area contributed by atoms with Crippen LogP contribution >= 0.6 is 11.3 Å². The first-order valence-electron chi connectivity index (χ1n) is 11.3. The van der Waals surface area contributed by atoms with Crippen molar-refractivity contribution in [2.75, 3.05) is 19.8 Å². The summed E-state index contributed by atoms with van der Waals surface area (Å²) < 4.78 is 16.5. The number of nitrogens with zero attached hydrogens (tertiary/aromatic N) is 2. The number of azo groups is 1. The van der Waals surface area contributed by atoms with Gasteiger partial charge in [0.05, 0.1) is 37.6 Å². The van der Waals surface area contributed by atoms with Crippen molar-refractivity contribution in [3.05, 3.63) is 70.9 Å². The van der Waals surface area contributed by atoms with E-state index in [2.05, 4.69) is 10.2 Å². The highest BCUT2D eigenvalue weighted by molar-refractivity contribution is 7.08. The van der Waals surface area contributed by atoms with Gasteiger partial charge < -0.3 is 14.2 Å². The lowest BCUT2D eigenvalue weighted by Gasteiger charge is -2.07. The van der Waals surface area contributed by atoms with Gasteiger partial charge >= 0.3 is 5.97 Å². The van der Waals surface area contributed by atoms with Crippen molar-refractivity contribution < 1.29 is 19.0 Å². The second-order valence-electron chi connectivity index (χ2n) is 7.41. The van der Waals surface area contributed by atoms with Crippen molar-refractivity contribution in [2.45, 2.75) is 39.0 Å². The molecule has 0 saturated carbocycles. The minimum Gasteiger partial charge on any atom is -0.494 e. The lowest BCUT2D eigenvalue weighted by atomic mass is 10.2. The van der Waals surface area contributed by atoms with E-state index in [1.165, 1.54) is 0 Å². The molecular weight excluding hydrogens is 436 g/mol. The molecule has 0 fully saturated rings. The molecule has 0 atom stereocenters. The van der Waals surface area contributed by atoms with Crippen LogP contribution in [0.4, 0.5) is 11.4 Å². The van der Waals surface area contributed by atoms with Crippen molar-refractivity contribution >= 4 is 28.7 Å². The van der Waals surface area contributed by atoms with Crippen molar-refractivity contribution in [1.29, 1.82) is 0 Å². The Kier molecular flexibility index (Phi) is 10.4. The van der Waals surface area contributed by atoms with Crippen LogP contribution in [0.3, 0.4) is 0 Å². The second-order valence-corrected chi connectivity index (χ2v) is 8.19. The van der Waals surface area contributed by atoms with Gasteiger partial charge in [0.25, 0.3) is 0 Å². The molecule has 0 spiro atoms. The number of carbonyl (C=O) groups excluding carboxylic acids is 1. The number of ether oxygens (including phenoxy) is 3. The molecule has 0 N–H and O–H groups in total. The van der Waals surface area contributed by atoms with Gasteiger partial charge in [0.1, 0.15) is 11.5 Å². The predicted molar refractivity (Wildman–Crippen MR) is 131 cm³/mol. The Morgan fingerprint density at radius 3 is 1.97 bits per heavy atom. The fourth-order valence-electron chi connectivity index (χ4n) is 3.04. The number of hydrogen-bond donors (Lipinski definition) is 0. The van der Waals surface area contributed by atoms with E-state index < -0.39 is 0 Å². The molecule has 174 valence electrons. The van der Waals surface area contributed by atoms with Gasteiger partial charge in [0.2, 0.25) is 0 Å². The first kappa shape index (κ1) is 24.5. The van der Waals surface area contributed by atoms with E-state index >= 15 is 0 Å². The van der Waals surface area contributed by atoms with Crippen LogP contribution in [0.1, 0.15) is 38.2 Å². The molecule has 0 aliphatic rings. The minimum absolute atomic E-state index is 0.154. The molecular formula is C26H30N2O4S. The van der Waals surface area contributed by atoms with Crippen LogP contribution in [0.5, 0.6) is 11.5 Å². The van der Waals surface area contributed by atoms with Crippen LogP contribution in [0, 0.1) is 0 Å². The zero-order valence-corrected chi connectivity index (χ0v) is 19.8. The average Bonchev–Trinajstić information content (AvgIpc) is 3.34. The fraction of sp³-hybridized carbons (Fsp3) is 0.346. The van der Waals surface area contributed by atoms with Gasteiger partial charge in [0, 0.05) is 0 Å². The molecule has 0 unspecified atom stereocenters. The predicted octanol–water partition coefficient (Wildman–Crippen LogP) is 7.29. The molecule has 2 aromatic carbocycles. The van der Waals surface area contributed by atoms with Crippen LogP contribution in [0.15, 0.2) is 75.6 Å². The van der Waals surface area contributed by atoms with Crippen molar-refractivity contribution in [2.24, 2.45) is 10.2 Å². The first-order chi connectivity index (χ1) is 16.2. The van der Waals surface area contributed by atoms with Gasteiger partial charge in [-0.3, -0.25) is 4.79 Å². The van der Waals surface area contributed by atoms with E-state index in [0.29, 0.717) is 26.2 Å². The number of hydrogen-bond acceptors (Lipinski definition) is 7. The normalized spacial score (nSPS) is 10.9. The van der Waals surface area contributed by atoms with Crippen molar-refractivity contribution in [1.82, 2.24) is 0 Å². The summed E-state index contributed by atoms with van der Waals surface area (Å²) in [7, 11) is 0. The maximum atomic E-state index is 11.7. The Bertz CT molecular complexity index is 971. The molecule has 0 radical (unpaired) electrons. The van der Waals surface area contributed by atoms with Crippen molar-refractivity contribution in [3.8, 4) is 11.5 Å². The van der Waals surface area contributed by atoms with E-state index in [-0.39, 0.29) is 5.97 Å². The molecule has 3 aromatic rings. The van der Waals surface area contributed by atoms with E-state index in [9.17, 15) is 4.79 Å². The van der Waals surface area contributed by atoms with Gasteiger partial charge in [-0.15, -0.1) is 0 Å². The Labute approximate surface area is 199 Å². The Balaban J connectivity index is 1.25. The third-order valence-corrected chi connectivity index (χ3v) is 5.50. The van der Waals surface area contributed by atoms with Crippen LogP contribution in [-0.4, -0.2) is 25.8 Å². The number of thiophene rings is 1. The topological polar surface area (TPSA) is 69.5 Å². The van der Waals surface area contributed by atoms with Gasteiger partial charge in [-0.05, 0) is 104 Å². The van der Waals surface area contributed by atoms with Crippen molar-refractivity contribution in [3.63, 3.8) is 0 Å². The number of esters is 1. The van der Waals surface area contributed by atoms with Gasteiger partial charge in [-0.1, -0.05) is 0 Å². The molecule has 0 aliphatic carbocycles. The minimum atomic E-state index is -0.154. The van der Waals surface area contributed by atoms with Crippen LogP contribution in [0.25, 0.3) is 0 Å². The highest BCUT2D eigenvalue weighted by Crippen LogP contribution is 2.23. The molecule has 1 aromatic heterocycles. The zero-order valence-electron chi connectivity index (χ0n) is 18.9. The van der Waals surface area contributed by atoms with E-state index in [1.807, 2.05) is 72.3 Å². The SMILES string of the molecule is CCOc1ccc(N=Nc2ccc(OCCCCCCOC(=O)Cc3ccsc3)cc2)cc1. The van der Waals surface area contributed by atoms with Crippen LogP contribution in [0.2, 0.25) is 0 Å². The molecule has 6 nitrogen and oxygen atoms in total. The summed E-state index contributed by atoms with van der Waals surface area (Å²) in [6, 6.07) is 17.0. The summed E-state index contributed by atoms with van der Waals surface area (Å²) in [5, 5.41) is 12.4. The highest BCUT2D eigenvalue weighted by Gasteiger charge is 2.04. The zero-order chi connectivity index (χ0) is 23.1. The fourth-order valence-corrected chi connectivity index (χ4v) is 3.71. The van der Waals surface area contributed by atoms with Gasteiger partial charge in [-0.25, -0.2) is 0 Å². The molecule has 0 saturated heterocycles. The standard InChI is InChI=1S/C26H30N2O4S/c1-2-30-24-11-7-22(8-12-24)27-28-23-9-13-25(14-10-23)31-16-5-3-4-6-17-32-26(29)19-21-15-18-33-20-21/h7-15,18,20H,2-6,16-17,19H2,1H3. The molecule has 1 heterocycles. The monoisotopic (exact) mass is 466 g/mol. The third kappa shape index (κ3) is 9.45. The summed E-state index contributed by atoms with van der Waals surface area (Å²) in [4.78, 5) is 11.7. The largest absolute Gasteiger partial charge is 0.494 e. The number of rotatable bonds is 14. The number of unbranched alkanes of at least 4 members (excludes halogenated alkanes) is 3. The maximum Gasteiger partial charge on any atom is 0.310 e. The van der Waals surface area contributed by atoms with Gasteiger partial charge in [0.15, 0.2) is 0 Å². The summed E-state index contributed by atoms with van der Waals surface area (Å²) in [6.45, 7) is 3.74. The van der Waals surface area contributed by atoms with E-state index in [4.69, 9.17) is 14.2 Å². The van der Waals surface area contributed by atoms with E-state index in [0.717, 1.165) is 54.1 Å². The summed E-state index contributed by atoms with van der Waals surface area (Å²) in [5.74, 6) is 1.49. The number of carbonyl (C=O) groups is 1.